The van der Waals surface area contributed by atoms with Crippen LogP contribution in [-0.2, 0) is 6.18 Å². The van der Waals surface area contributed by atoms with Gasteiger partial charge in [0.05, 0.1) is 11.6 Å². The van der Waals surface area contributed by atoms with Gasteiger partial charge in [0, 0.05) is 28.7 Å². The van der Waals surface area contributed by atoms with E-state index in [-0.39, 0.29) is 23.0 Å². The van der Waals surface area contributed by atoms with Crippen LogP contribution in [0.1, 0.15) is 32.3 Å². The largest absolute Gasteiger partial charge is 0.418 e. The Labute approximate surface area is 155 Å². The second kappa shape index (κ2) is 6.40. The summed E-state index contributed by atoms with van der Waals surface area (Å²) >= 11 is 0. The van der Waals surface area contributed by atoms with Gasteiger partial charge in [0.2, 0.25) is 5.56 Å². The van der Waals surface area contributed by atoms with Gasteiger partial charge in [0.25, 0.3) is 0 Å². The average molecular weight is 408 g/mol. The van der Waals surface area contributed by atoms with E-state index in [2.05, 4.69) is 4.98 Å². The van der Waals surface area contributed by atoms with Gasteiger partial charge in [-0.25, -0.2) is 0 Å². The molecule has 1 aromatic carbocycles. The van der Waals surface area contributed by atoms with Crippen LogP contribution in [0.15, 0.2) is 29.1 Å². The SMILES string of the molecule is CC1CCC([C@@](C)(O)C(F)(F)F)N1c1ccc2[nH]c(=O)cc(C(F)(F)F)c2c1. The van der Waals surface area contributed by atoms with Crippen molar-refractivity contribution in [1.29, 1.82) is 0 Å². The minimum atomic E-state index is -4.90. The van der Waals surface area contributed by atoms with E-state index in [4.69, 9.17) is 0 Å². The van der Waals surface area contributed by atoms with Crippen LogP contribution in [0.3, 0.4) is 0 Å². The number of benzene rings is 1. The van der Waals surface area contributed by atoms with Crippen LogP contribution in [0.4, 0.5) is 32.0 Å². The molecule has 3 atom stereocenters. The van der Waals surface area contributed by atoms with E-state index < -0.39 is 41.2 Å². The molecule has 0 bridgehead atoms. The summed E-state index contributed by atoms with van der Waals surface area (Å²) in [6.45, 7) is 2.32. The van der Waals surface area contributed by atoms with E-state index in [0.717, 1.165) is 6.07 Å². The van der Waals surface area contributed by atoms with Crippen LogP contribution in [0, 0.1) is 0 Å². The van der Waals surface area contributed by atoms with E-state index >= 15 is 0 Å². The van der Waals surface area contributed by atoms with E-state index in [0.29, 0.717) is 19.4 Å². The lowest BCUT2D eigenvalue weighted by molar-refractivity contribution is -0.259. The Bertz CT molecular complexity index is 948. The number of aromatic amines is 1. The van der Waals surface area contributed by atoms with Crippen molar-refractivity contribution >= 4 is 16.6 Å². The fourth-order valence-corrected chi connectivity index (χ4v) is 3.80. The number of H-pyrrole nitrogens is 1. The molecule has 4 nitrogen and oxygen atoms in total. The van der Waals surface area contributed by atoms with Gasteiger partial charge in [0.1, 0.15) is 0 Å². The zero-order chi connectivity index (χ0) is 21.1. The van der Waals surface area contributed by atoms with E-state index in [1.807, 2.05) is 0 Å². The minimum Gasteiger partial charge on any atom is -0.379 e. The summed E-state index contributed by atoms with van der Waals surface area (Å²) < 4.78 is 80.1. The topological polar surface area (TPSA) is 56.3 Å². The zero-order valence-electron chi connectivity index (χ0n) is 14.9. The molecule has 0 amide bonds. The van der Waals surface area contributed by atoms with Gasteiger partial charge in [-0.05, 0) is 44.9 Å². The Balaban J connectivity index is 2.17. The molecule has 0 radical (unpaired) electrons. The number of pyridine rings is 1. The number of alkyl halides is 6. The average Bonchev–Trinajstić information content (AvgIpc) is 2.94. The van der Waals surface area contributed by atoms with Crippen molar-refractivity contribution in [2.75, 3.05) is 4.90 Å². The van der Waals surface area contributed by atoms with Crippen molar-refractivity contribution < 1.29 is 31.4 Å². The Hall–Kier alpha value is -2.23. The van der Waals surface area contributed by atoms with E-state index in [1.54, 1.807) is 6.92 Å². The molecule has 1 saturated heterocycles. The van der Waals surface area contributed by atoms with E-state index in [1.165, 1.54) is 17.0 Å². The second-order valence-electron chi connectivity index (χ2n) is 7.27. The second-order valence-corrected chi connectivity index (χ2v) is 7.27. The summed E-state index contributed by atoms with van der Waals surface area (Å²) in [4.78, 5) is 15.1. The maximum absolute atomic E-state index is 13.4. The van der Waals surface area contributed by atoms with Crippen molar-refractivity contribution in [3.63, 3.8) is 0 Å². The molecule has 10 heteroatoms. The predicted octanol–water partition coefficient (Wildman–Crippen LogP) is 4.22. The standard InChI is InChI=1S/C18H18F6N2O2/c1-9-3-6-14(16(2,28)18(22,23)24)26(9)10-4-5-13-11(7-10)12(17(19,20)21)8-15(27)25-13/h4-5,7-9,14,28H,3,6H2,1-2H3,(H,25,27)/t9?,14?,16-/m1/s1. The number of aliphatic hydroxyl groups is 1. The van der Waals surface area contributed by atoms with Gasteiger partial charge in [-0.1, -0.05) is 0 Å². The van der Waals surface area contributed by atoms with Crippen LogP contribution in [0.25, 0.3) is 10.9 Å². The number of nitrogens with zero attached hydrogens (tertiary/aromatic N) is 1. The molecule has 1 aromatic heterocycles. The van der Waals surface area contributed by atoms with Crippen LogP contribution < -0.4 is 10.5 Å². The molecule has 28 heavy (non-hydrogen) atoms. The normalized spacial score (nSPS) is 23.2. The van der Waals surface area contributed by atoms with Crippen LogP contribution in [-0.4, -0.2) is 34.0 Å². The van der Waals surface area contributed by atoms with Crippen LogP contribution in [0.2, 0.25) is 0 Å². The van der Waals surface area contributed by atoms with Crippen molar-refractivity contribution in [1.82, 2.24) is 4.98 Å². The predicted molar refractivity (Wildman–Crippen MR) is 91.2 cm³/mol. The van der Waals surface area contributed by atoms with Crippen molar-refractivity contribution in [2.45, 2.75) is 56.7 Å². The number of nitrogens with one attached hydrogen (secondary N) is 1. The quantitative estimate of drug-likeness (QED) is 0.732. The van der Waals surface area contributed by atoms with Gasteiger partial charge in [0.15, 0.2) is 5.60 Å². The highest BCUT2D eigenvalue weighted by molar-refractivity contribution is 5.86. The molecule has 1 aliphatic heterocycles. The molecule has 0 spiro atoms. The lowest BCUT2D eigenvalue weighted by atomic mass is 9.93. The summed E-state index contributed by atoms with van der Waals surface area (Å²) in [6, 6.07) is 2.33. The van der Waals surface area contributed by atoms with Crippen molar-refractivity contribution in [2.24, 2.45) is 0 Å². The summed E-state index contributed by atoms with van der Waals surface area (Å²) in [5.74, 6) is 0. The molecular formula is C18H18F6N2O2. The van der Waals surface area contributed by atoms with Gasteiger partial charge in [-0.15, -0.1) is 0 Å². The Morgan fingerprint density at radius 2 is 1.75 bits per heavy atom. The molecule has 2 heterocycles. The highest BCUT2D eigenvalue weighted by atomic mass is 19.4. The lowest BCUT2D eigenvalue weighted by Crippen LogP contribution is -2.58. The lowest BCUT2D eigenvalue weighted by Gasteiger charge is -2.40. The molecule has 2 aromatic rings. The number of fused-ring (bicyclic) bond motifs is 1. The molecule has 2 unspecified atom stereocenters. The monoisotopic (exact) mass is 408 g/mol. The van der Waals surface area contributed by atoms with Crippen molar-refractivity contribution in [3.8, 4) is 0 Å². The zero-order valence-corrected chi connectivity index (χ0v) is 14.9. The smallest absolute Gasteiger partial charge is 0.379 e. The third-order valence-corrected chi connectivity index (χ3v) is 5.32. The fourth-order valence-electron chi connectivity index (χ4n) is 3.80. The van der Waals surface area contributed by atoms with Gasteiger partial charge >= 0.3 is 12.4 Å². The number of halogens is 6. The summed E-state index contributed by atoms with van der Waals surface area (Å²) in [5.41, 5.74) is -5.09. The third kappa shape index (κ3) is 3.34. The maximum Gasteiger partial charge on any atom is 0.418 e. The Morgan fingerprint density at radius 1 is 1.11 bits per heavy atom. The molecule has 3 rings (SSSR count). The third-order valence-electron chi connectivity index (χ3n) is 5.32. The summed E-state index contributed by atoms with van der Waals surface area (Å²) in [5, 5.41) is 9.81. The summed E-state index contributed by atoms with van der Waals surface area (Å²) in [6.07, 6.45) is -9.34. The Kier molecular flexibility index (Phi) is 4.68. The number of hydrogen-bond donors (Lipinski definition) is 2. The highest BCUT2D eigenvalue weighted by Gasteiger charge is 2.58. The molecule has 0 aliphatic carbocycles. The first-order chi connectivity index (χ1) is 12.7. The molecule has 1 fully saturated rings. The Morgan fingerprint density at radius 3 is 2.32 bits per heavy atom. The molecule has 154 valence electrons. The first-order valence-electron chi connectivity index (χ1n) is 8.55. The molecule has 1 aliphatic rings. The first-order valence-corrected chi connectivity index (χ1v) is 8.55. The van der Waals surface area contributed by atoms with Gasteiger partial charge in [-0.3, -0.25) is 4.79 Å². The summed E-state index contributed by atoms with van der Waals surface area (Å²) in [7, 11) is 0. The van der Waals surface area contributed by atoms with Gasteiger partial charge in [-0.2, -0.15) is 26.3 Å². The van der Waals surface area contributed by atoms with Crippen molar-refractivity contribution in [3.05, 3.63) is 40.2 Å². The number of anilines is 1. The van der Waals surface area contributed by atoms with Gasteiger partial charge < -0.3 is 15.0 Å². The van der Waals surface area contributed by atoms with Crippen LogP contribution in [0.5, 0.6) is 0 Å². The van der Waals surface area contributed by atoms with E-state index in [9.17, 15) is 36.2 Å². The minimum absolute atomic E-state index is 0.0312. The maximum atomic E-state index is 13.4. The number of rotatable bonds is 2. The molecule has 2 N–H and O–H groups in total. The fraction of sp³-hybridized carbons (Fsp3) is 0.500. The first kappa shape index (κ1) is 20.5. The highest BCUT2D eigenvalue weighted by Crippen LogP contribution is 2.44. The molecule has 0 saturated carbocycles. The number of hydrogen-bond acceptors (Lipinski definition) is 3. The molecular weight excluding hydrogens is 390 g/mol. The number of aromatic nitrogens is 1. The van der Waals surface area contributed by atoms with Crippen LogP contribution >= 0.6 is 0 Å².